The van der Waals surface area contributed by atoms with Gasteiger partial charge in [0.2, 0.25) is 0 Å². The molecule has 0 unspecified atom stereocenters. The number of rotatable bonds is 21. The average Bonchev–Trinajstić information content (AvgIpc) is 1.60. The first-order chi connectivity index (χ1) is 74.4. The Kier molecular flexibility index (Phi) is 25.2. The molecular formula is C144H102N6. The number of fused-ring (bicyclic) bond motifs is 9. The molecule has 0 saturated carbocycles. The SMILES string of the molecule is c1ccc(-c2ccc(-c3ccc(N(c4ccc(-c5ccccc5)cc4)c4ccc(-c5ccc6c(c5)c5ccccc5n6-c5ccccc5)cc4)cc3)cc2)cc1.c1ccc(-c2ccc(N(c3ccc(-c4ccccc4)cc3)c3ccc(-c4ccc5c(c4)c4ccccc4n5-c4ccccc4)cc3)cc2)cc1.c1ccc(-c2ccc(N(c3ccccc3)c3ccc(-c4ccc5c(c4)c4ccccc4n5-c4ccccc4)cc3)cc2)cc1. The molecule has 0 atom stereocenters. The predicted molar refractivity (Wildman–Crippen MR) is 635 cm³/mol. The van der Waals surface area contributed by atoms with Crippen molar-refractivity contribution in [2.75, 3.05) is 14.7 Å². The van der Waals surface area contributed by atoms with Gasteiger partial charge < -0.3 is 28.4 Å². The van der Waals surface area contributed by atoms with Gasteiger partial charge in [-0.05, 0) is 300 Å². The van der Waals surface area contributed by atoms with Gasteiger partial charge in [0.05, 0.1) is 33.1 Å². The second-order valence-electron chi connectivity index (χ2n) is 37.9. The van der Waals surface area contributed by atoms with Gasteiger partial charge in [0.25, 0.3) is 0 Å². The van der Waals surface area contributed by atoms with E-state index in [2.05, 4.69) is 647 Å². The van der Waals surface area contributed by atoms with Crippen LogP contribution in [0.15, 0.2) is 619 Å². The van der Waals surface area contributed by atoms with Gasteiger partial charge in [0, 0.05) is 101 Å². The summed E-state index contributed by atoms with van der Waals surface area (Å²) >= 11 is 0. The van der Waals surface area contributed by atoms with E-state index in [0.717, 1.165) is 51.2 Å². The fourth-order valence-electron chi connectivity index (χ4n) is 21.4. The molecule has 0 radical (unpaired) electrons. The van der Waals surface area contributed by atoms with E-state index in [4.69, 9.17) is 0 Å². The summed E-state index contributed by atoms with van der Waals surface area (Å²) in [5.74, 6) is 0. The number of para-hydroxylation sites is 7. The number of benzene rings is 24. The Morgan fingerprint density at radius 3 is 0.427 bits per heavy atom. The van der Waals surface area contributed by atoms with Gasteiger partial charge in [-0.2, -0.15) is 0 Å². The summed E-state index contributed by atoms with van der Waals surface area (Å²) in [6, 6.07) is 222. The first-order valence-corrected chi connectivity index (χ1v) is 51.3. The van der Waals surface area contributed by atoms with Crippen LogP contribution in [0.4, 0.5) is 51.2 Å². The smallest absolute Gasteiger partial charge is 0.0541 e. The molecule has 0 fully saturated rings. The molecule has 0 aliphatic rings. The highest BCUT2D eigenvalue weighted by Crippen LogP contribution is 2.46. The monoisotopic (exact) mass is 1910 g/mol. The van der Waals surface area contributed by atoms with E-state index in [1.54, 1.807) is 0 Å². The minimum Gasteiger partial charge on any atom is -0.311 e. The largest absolute Gasteiger partial charge is 0.311 e. The molecule has 0 aliphatic heterocycles. The van der Waals surface area contributed by atoms with Crippen molar-refractivity contribution in [1.29, 1.82) is 0 Å². The molecule has 3 aromatic heterocycles. The first-order valence-electron chi connectivity index (χ1n) is 51.3. The number of anilines is 9. The fourth-order valence-corrected chi connectivity index (χ4v) is 21.4. The molecule has 24 aromatic carbocycles. The van der Waals surface area contributed by atoms with Crippen molar-refractivity contribution in [3.05, 3.63) is 619 Å². The van der Waals surface area contributed by atoms with Crippen molar-refractivity contribution in [1.82, 2.24) is 13.7 Å². The van der Waals surface area contributed by atoms with Crippen molar-refractivity contribution >= 4 is 117 Å². The van der Waals surface area contributed by atoms with Crippen LogP contribution in [-0.2, 0) is 0 Å². The molecule has 0 aliphatic carbocycles. The Bertz CT molecular complexity index is 9260. The van der Waals surface area contributed by atoms with Crippen LogP contribution < -0.4 is 14.7 Å². The third-order valence-electron chi connectivity index (χ3n) is 28.8. The lowest BCUT2D eigenvalue weighted by molar-refractivity contribution is 1.18. The van der Waals surface area contributed by atoms with Gasteiger partial charge in [-0.1, -0.05) is 419 Å². The van der Waals surface area contributed by atoms with Gasteiger partial charge in [-0.3, -0.25) is 0 Å². The lowest BCUT2D eigenvalue weighted by Gasteiger charge is -2.26. The third-order valence-corrected chi connectivity index (χ3v) is 28.8. The average molecular weight is 1920 g/mol. The van der Waals surface area contributed by atoms with Gasteiger partial charge in [-0.25, -0.2) is 0 Å². The summed E-state index contributed by atoms with van der Waals surface area (Å²) < 4.78 is 7.09. The van der Waals surface area contributed by atoms with Crippen molar-refractivity contribution in [3.63, 3.8) is 0 Å². The molecule has 0 saturated heterocycles. The lowest BCUT2D eigenvalue weighted by atomic mass is 10.00. The molecule has 6 nitrogen and oxygen atoms in total. The van der Waals surface area contributed by atoms with Crippen LogP contribution in [0.5, 0.6) is 0 Å². The Balaban J connectivity index is 0.000000117. The van der Waals surface area contributed by atoms with Crippen LogP contribution >= 0.6 is 0 Å². The maximum absolute atomic E-state index is 2.36. The van der Waals surface area contributed by atoms with Crippen LogP contribution in [0, 0.1) is 0 Å². The quantitative estimate of drug-likeness (QED) is 0.0717. The number of hydrogen-bond acceptors (Lipinski definition) is 3. The highest BCUT2D eigenvalue weighted by atomic mass is 15.2. The fraction of sp³-hybridized carbons (Fsp3) is 0. The maximum Gasteiger partial charge on any atom is 0.0541 e. The molecule has 27 aromatic rings. The highest BCUT2D eigenvalue weighted by Gasteiger charge is 2.23. The molecule has 0 bridgehead atoms. The van der Waals surface area contributed by atoms with E-state index in [-0.39, 0.29) is 0 Å². The molecular weight excluding hydrogens is 1810 g/mol. The zero-order valence-corrected chi connectivity index (χ0v) is 82.6. The topological polar surface area (TPSA) is 24.5 Å². The zero-order chi connectivity index (χ0) is 99.8. The van der Waals surface area contributed by atoms with E-state index in [1.165, 1.54) is 183 Å². The zero-order valence-electron chi connectivity index (χ0n) is 82.6. The van der Waals surface area contributed by atoms with E-state index in [0.29, 0.717) is 0 Å². The van der Waals surface area contributed by atoms with E-state index < -0.39 is 0 Å². The van der Waals surface area contributed by atoms with Crippen molar-refractivity contribution in [2.24, 2.45) is 0 Å². The first kappa shape index (κ1) is 91.3. The molecule has 0 N–H and O–H groups in total. The molecule has 3 heterocycles. The lowest BCUT2D eigenvalue weighted by Crippen LogP contribution is -2.09. The standard InChI is InChI=1S/C54H38N2.C48H34N2.C42H30N2/c1-4-12-39(13-5-1)41-20-22-42(23-21-41)44-26-33-49(34-27-44)55(48-31-24-43(25-32-48)40-14-6-2-7-15-40)50-35-28-45(29-36-50)46-30-37-54-52(38-46)51-18-10-11-19-53(51)56(54)47-16-8-3-9-17-47;1-4-12-35(13-5-1)37-20-27-42(28-21-37)49(43-29-22-38(23-30-43)36-14-6-2-7-15-36)44-31-24-39(25-32-44)40-26-33-48-46(34-40)45-18-10-11-19-47(45)50(48)41-16-8-3-9-17-41;1-4-12-31(13-5-1)32-20-25-37(26-21-32)43(35-14-6-2-7-15-35)38-27-22-33(23-28-38)34-24-29-42-40(30-34)39-18-10-11-19-41(39)44(42)36-16-8-3-9-17-36/h1-38H;1-34H;1-30H. The number of hydrogen-bond donors (Lipinski definition) is 0. The predicted octanol–water partition coefficient (Wildman–Crippen LogP) is 39.8. The van der Waals surface area contributed by atoms with E-state index in [9.17, 15) is 0 Å². The molecule has 150 heavy (non-hydrogen) atoms. The summed E-state index contributed by atoms with van der Waals surface area (Å²) in [4.78, 5) is 7.00. The van der Waals surface area contributed by atoms with Crippen LogP contribution in [0.3, 0.4) is 0 Å². The van der Waals surface area contributed by atoms with Crippen LogP contribution in [0.2, 0.25) is 0 Å². The molecule has 708 valence electrons. The minimum atomic E-state index is 1.10. The van der Waals surface area contributed by atoms with E-state index in [1.807, 2.05) is 0 Å². The maximum atomic E-state index is 2.36. The van der Waals surface area contributed by atoms with Gasteiger partial charge >= 0.3 is 0 Å². The Morgan fingerprint density at radius 1 is 0.0933 bits per heavy atom. The molecule has 6 heteroatoms. The highest BCUT2D eigenvalue weighted by molar-refractivity contribution is 6.13. The van der Waals surface area contributed by atoms with Crippen molar-refractivity contribution < 1.29 is 0 Å². The second-order valence-corrected chi connectivity index (χ2v) is 37.9. The van der Waals surface area contributed by atoms with Gasteiger partial charge in [0.1, 0.15) is 0 Å². The number of aromatic nitrogens is 3. The van der Waals surface area contributed by atoms with Crippen LogP contribution in [0.25, 0.3) is 183 Å². The summed E-state index contributed by atoms with van der Waals surface area (Å²) in [5.41, 5.74) is 42.5. The van der Waals surface area contributed by atoms with Crippen LogP contribution in [0.1, 0.15) is 0 Å². The van der Waals surface area contributed by atoms with Crippen LogP contribution in [-0.4, -0.2) is 13.7 Å². The van der Waals surface area contributed by atoms with Crippen molar-refractivity contribution in [2.45, 2.75) is 0 Å². The Morgan fingerprint density at radius 2 is 0.227 bits per heavy atom. The van der Waals surface area contributed by atoms with Crippen molar-refractivity contribution in [3.8, 4) is 117 Å². The second kappa shape index (κ2) is 41.4. The van der Waals surface area contributed by atoms with E-state index >= 15 is 0 Å². The Hall–Kier alpha value is -19.9. The molecule has 27 rings (SSSR count). The van der Waals surface area contributed by atoms with Gasteiger partial charge in [-0.15, -0.1) is 0 Å². The summed E-state index contributed by atoms with van der Waals surface area (Å²) in [6.07, 6.45) is 0. The third kappa shape index (κ3) is 18.5. The summed E-state index contributed by atoms with van der Waals surface area (Å²) in [5, 5.41) is 7.54. The molecule has 0 spiro atoms. The Labute approximate surface area is 874 Å². The summed E-state index contributed by atoms with van der Waals surface area (Å²) in [7, 11) is 0. The minimum absolute atomic E-state index is 1.10. The number of nitrogens with zero attached hydrogens (tertiary/aromatic N) is 6. The molecule has 0 amide bonds. The normalized spacial score (nSPS) is 11.2. The van der Waals surface area contributed by atoms with Gasteiger partial charge in [0.15, 0.2) is 0 Å². The summed E-state index contributed by atoms with van der Waals surface area (Å²) in [6.45, 7) is 0.